The predicted octanol–water partition coefficient (Wildman–Crippen LogP) is 4.12. The summed E-state index contributed by atoms with van der Waals surface area (Å²) >= 11 is 0. The Hall–Kier alpha value is -1.12. The van der Waals surface area contributed by atoms with Crippen molar-refractivity contribution in [3.05, 3.63) is 29.3 Å². The highest BCUT2D eigenvalue weighted by atomic mass is 19.1. The highest BCUT2D eigenvalue weighted by Gasteiger charge is 2.14. The summed E-state index contributed by atoms with van der Waals surface area (Å²) in [5.41, 5.74) is 0.420. The Kier molecular flexibility index (Phi) is 5.90. The van der Waals surface area contributed by atoms with Gasteiger partial charge in [-0.2, -0.15) is 0 Å². The Balaban J connectivity index is 0.000000921. The molecule has 0 unspecified atom stereocenters. The summed E-state index contributed by atoms with van der Waals surface area (Å²) < 4.78 is 30.9. The number of rotatable bonds is 2. The van der Waals surface area contributed by atoms with Crippen LogP contribution in [0, 0.1) is 11.6 Å². The van der Waals surface area contributed by atoms with Crippen molar-refractivity contribution in [1.29, 1.82) is 0 Å². The molecule has 3 heteroatoms. The molecule has 0 aliphatic rings. The van der Waals surface area contributed by atoms with Gasteiger partial charge in [-0.25, -0.2) is 8.78 Å². The van der Waals surface area contributed by atoms with E-state index in [1.54, 1.807) is 0 Å². The van der Waals surface area contributed by atoms with Crippen LogP contribution in [-0.2, 0) is 0 Å². The highest BCUT2D eigenvalue weighted by molar-refractivity contribution is 5.37. The third-order valence-corrected chi connectivity index (χ3v) is 1.85. The van der Waals surface area contributed by atoms with Gasteiger partial charge in [0, 0.05) is 17.7 Å². The van der Waals surface area contributed by atoms with Gasteiger partial charge in [-0.1, -0.05) is 27.7 Å². The second kappa shape index (κ2) is 6.38. The first-order valence-electron chi connectivity index (χ1n) is 5.09. The Bertz CT molecular complexity index is 309. The standard InChI is InChI=1S/C10H12F2O.C2H6/c1-6(2)10-8(12)4-7(11)5-9(10)13-3;1-2/h4-6H,1-3H3;1-2H3. The first-order chi connectivity index (χ1) is 7.06. The number of hydrogen-bond acceptors (Lipinski definition) is 1. The van der Waals surface area contributed by atoms with E-state index in [0.717, 1.165) is 6.07 Å². The van der Waals surface area contributed by atoms with Crippen molar-refractivity contribution in [2.24, 2.45) is 0 Å². The van der Waals surface area contributed by atoms with Gasteiger partial charge in [0.1, 0.15) is 17.4 Å². The fourth-order valence-electron chi connectivity index (χ4n) is 1.29. The van der Waals surface area contributed by atoms with Gasteiger partial charge >= 0.3 is 0 Å². The number of hydrogen-bond donors (Lipinski definition) is 0. The van der Waals surface area contributed by atoms with Crippen LogP contribution >= 0.6 is 0 Å². The van der Waals surface area contributed by atoms with Crippen LogP contribution in [0.25, 0.3) is 0 Å². The number of benzene rings is 1. The zero-order valence-electron chi connectivity index (χ0n) is 9.90. The predicted molar refractivity (Wildman–Crippen MR) is 58.3 cm³/mol. The van der Waals surface area contributed by atoms with Gasteiger partial charge in [-0.05, 0) is 5.92 Å². The van der Waals surface area contributed by atoms with E-state index in [0.29, 0.717) is 5.56 Å². The van der Waals surface area contributed by atoms with Gasteiger partial charge < -0.3 is 4.74 Å². The van der Waals surface area contributed by atoms with Crippen LogP contribution in [0.4, 0.5) is 8.78 Å². The van der Waals surface area contributed by atoms with Gasteiger partial charge in [-0.15, -0.1) is 0 Å². The average Bonchev–Trinajstić information content (AvgIpc) is 2.18. The molecule has 0 saturated heterocycles. The smallest absolute Gasteiger partial charge is 0.133 e. The minimum absolute atomic E-state index is 0.0180. The van der Waals surface area contributed by atoms with E-state index in [2.05, 4.69) is 0 Å². The first kappa shape index (κ1) is 13.9. The molecule has 15 heavy (non-hydrogen) atoms. The maximum absolute atomic E-state index is 13.2. The van der Waals surface area contributed by atoms with Crippen molar-refractivity contribution in [1.82, 2.24) is 0 Å². The molecule has 0 N–H and O–H groups in total. The summed E-state index contributed by atoms with van der Waals surface area (Å²) in [5, 5.41) is 0. The third-order valence-electron chi connectivity index (χ3n) is 1.85. The zero-order valence-corrected chi connectivity index (χ0v) is 9.90. The lowest BCUT2D eigenvalue weighted by atomic mass is 10.0. The minimum Gasteiger partial charge on any atom is -0.496 e. The van der Waals surface area contributed by atoms with Crippen LogP contribution in [0.2, 0.25) is 0 Å². The second-order valence-electron chi connectivity index (χ2n) is 3.16. The van der Waals surface area contributed by atoms with Gasteiger partial charge in [-0.3, -0.25) is 0 Å². The summed E-state index contributed by atoms with van der Waals surface area (Å²) in [6.45, 7) is 7.66. The molecule has 0 aromatic heterocycles. The van der Waals surface area contributed by atoms with E-state index in [4.69, 9.17) is 4.74 Å². The van der Waals surface area contributed by atoms with Crippen molar-refractivity contribution in [3.63, 3.8) is 0 Å². The lowest BCUT2D eigenvalue weighted by molar-refractivity contribution is 0.396. The topological polar surface area (TPSA) is 9.23 Å². The molecule has 0 atom stereocenters. The van der Waals surface area contributed by atoms with Crippen molar-refractivity contribution in [3.8, 4) is 5.75 Å². The number of halogens is 2. The van der Waals surface area contributed by atoms with Crippen LogP contribution < -0.4 is 4.74 Å². The van der Waals surface area contributed by atoms with Crippen LogP contribution in [0.3, 0.4) is 0 Å². The van der Waals surface area contributed by atoms with Crippen LogP contribution in [-0.4, -0.2) is 7.11 Å². The molecule has 0 fully saturated rings. The summed E-state index contributed by atoms with van der Waals surface area (Å²) in [7, 11) is 1.40. The maximum atomic E-state index is 13.2. The molecule has 0 bridgehead atoms. The van der Waals surface area contributed by atoms with Crippen LogP contribution in [0.1, 0.15) is 39.2 Å². The van der Waals surface area contributed by atoms with Gasteiger partial charge in [0.2, 0.25) is 0 Å². The van der Waals surface area contributed by atoms with Crippen molar-refractivity contribution >= 4 is 0 Å². The molecule has 0 aliphatic carbocycles. The lowest BCUT2D eigenvalue weighted by Crippen LogP contribution is -1.99. The van der Waals surface area contributed by atoms with E-state index >= 15 is 0 Å². The first-order valence-corrected chi connectivity index (χ1v) is 5.09. The van der Waals surface area contributed by atoms with Gasteiger partial charge in [0.15, 0.2) is 0 Å². The quantitative estimate of drug-likeness (QED) is 0.722. The summed E-state index contributed by atoms with van der Waals surface area (Å²) in [5.74, 6) is -0.909. The second-order valence-corrected chi connectivity index (χ2v) is 3.16. The molecule has 1 rings (SSSR count). The molecule has 0 aliphatic heterocycles. The Morgan fingerprint density at radius 2 is 1.67 bits per heavy atom. The van der Waals surface area contributed by atoms with Crippen LogP contribution in [0.5, 0.6) is 5.75 Å². The van der Waals surface area contributed by atoms with E-state index < -0.39 is 11.6 Å². The average molecular weight is 216 g/mol. The van der Waals surface area contributed by atoms with E-state index in [1.165, 1.54) is 13.2 Å². The van der Waals surface area contributed by atoms with Crippen molar-refractivity contribution in [2.75, 3.05) is 7.11 Å². The Labute approximate surface area is 90.1 Å². The molecule has 1 nitrogen and oxygen atoms in total. The van der Waals surface area contributed by atoms with E-state index in [9.17, 15) is 8.78 Å². The van der Waals surface area contributed by atoms with Crippen molar-refractivity contribution in [2.45, 2.75) is 33.6 Å². The number of ether oxygens (including phenoxy) is 1. The molecule has 1 aromatic carbocycles. The summed E-state index contributed by atoms with van der Waals surface area (Å²) in [6, 6.07) is 2.07. The molecule has 1 aromatic rings. The zero-order chi connectivity index (χ0) is 12.0. The molecule has 0 amide bonds. The third kappa shape index (κ3) is 3.50. The summed E-state index contributed by atoms with van der Waals surface area (Å²) in [6.07, 6.45) is 0. The molecule has 0 heterocycles. The molecular formula is C12H18F2O. The molecule has 86 valence electrons. The van der Waals surface area contributed by atoms with E-state index in [-0.39, 0.29) is 11.7 Å². The lowest BCUT2D eigenvalue weighted by Gasteiger charge is -2.12. The monoisotopic (exact) mass is 216 g/mol. The Morgan fingerprint density at radius 3 is 2.07 bits per heavy atom. The molecule has 0 radical (unpaired) electrons. The van der Waals surface area contributed by atoms with Crippen LogP contribution in [0.15, 0.2) is 12.1 Å². The minimum atomic E-state index is -0.612. The van der Waals surface area contributed by atoms with Gasteiger partial charge in [0.25, 0.3) is 0 Å². The normalized spacial score (nSPS) is 9.60. The molecule has 0 spiro atoms. The fourth-order valence-corrected chi connectivity index (χ4v) is 1.29. The number of methoxy groups -OCH3 is 1. The molecule has 0 saturated carbocycles. The van der Waals surface area contributed by atoms with Crippen molar-refractivity contribution < 1.29 is 13.5 Å². The Morgan fingerprint density at radius 1 is 1.13 bits per heavy atom. The fraction of sp³-hybridized carbons (Fsp3) is 0.500. The van der Waals surface area contributed by atoms with Gasteiger partial charge in [0.05, 0.1) is 7.11 Å². The highest BCUT2D eigenvalue weighted by Crippen LogP contribution is 2.29. The van der Waals surface area contributed by atoms with E-state index in [1.807, 2.05) is 27.7 Å². The summed E-state index contributed by atoms with van der Waals surface area (Å²) in [4.78, 5) is 0. The SMILES string of the molecule is CC.COc1cc(F)cc(F)c1C(C)C. The molecular weight excluding hydrogens is 198 g/mol. The maximum Gasteiger partial charge on any atom is 0.133 e. The largest absolute Gasteiger partial charge is 0.496 e.